The molecule has 0 radical (unpaired) electrons. The molecule has 0 bridgehead atoms. The highest BCUT2D eigenvalue weighted by molar-refractivity contribution is 5.93. The van der Waals surface area contributed by atoms with Crippen LogP contribution in [0.1, 0.15) is 10.4 Å². The van der Waals surface area contributed by atoms with Gasteiger partial charge in [-0.15, -0.1) is 0 Å². The smallest absolute Gasteiger partial charge is 0.123 e. The lowest BCUT2D eigenvalue weighted by molar-refractivity contribution is -0.254. The molecule has 3 aromatic rings. The lowest BCUT2D eigenvalue weighted by atomic mass is 10.1. The number of carboxylic acid groups (broad SMARTS) is 1. The van der Waals surface area contributed by atoms with Gasteiger partial charge in [0.25, 0.3) is 0 Å². The Morgan fingerprint density at radius 3 is 2.33 bits per heavy atom. The molecule has 104 valence electrons. The van der Waals surface area contributed by atoms with E-state index in [4.69, 9.17) is 0 Å². The lowest BCUT2D eigenvalue weighted by Gasteiger charge is -2.02. The van der Waals surface area contributed by atoms with Gasteiger partial charge in [-0.3, -0.25) is 0 Å². The number of carbonyl (C=O) groups excluding carboxylic acids is 1. The molecule has 2 aromatic carbocycles. The van der Waals surface area contributed by atoms with Crippen LogP contribution in [0.5, 0.6) is 0 Å². The van der Waals surface area contributed by atoms with Crippen molar-refractivity contribution < 1.29 is 14.3 Å². The normalized spacial score (nSPS) is 10.5. The van der Waals surface area contributed by atoms with Gasteiger partial charge in [0.05, 0.1) is 11.7 Å². The summed E-state index contributed by atoms with van der Waals surface area (Å²) in [4.78, 5) is 11.3. The summed E-state index contributed by atoms with van der Waals surface area (Å²) in [5.41, 5.74) is 1.46. The lowest BCUT2D eigenvalue weighted by Crippen LogP contribution is -2.22. The maximum Gasteiger partial charge on any atom is 0.123 e. The highest BCUT2D eigenvalue weighted by Gasteiger charge is 2.13. The topological polar surface area (TPSA) is 57.9 Å². The summed E-state index contributed by atoms with van der Waals surface area (Å²) in [6.45, 7) is 0. The third-order valence-corrected chi connectivity index (χ3v) is 3.07. The number of hydrogen-bond acceptors (Lipinski definition) is 3. The average molecular weight is 281 g/mol. The molecule has 1 aromatic heterocycles. The van der Waals surface area contributed by atoms with Crippen molar-refractivity contribution in [3.8, 4) is 16.9 Å². The van der Waals surface area contributed by atoms with Gasteiger partial charge in [0.1, 0.15) is 11.5 Å². The predicted octanol–water partition coefficient (Wildman–Crippen LogP) is 2.04. The van der Waals surface area contributed by atoms with Crippen molar-refractivity contribution in [3.63, 3.8) is 0 Å². The summed E-state index contributed by atoms with van der Waals surface area (Å²) in [5.74, 6) is -1.72. The van der Waals surface area contributed by atoms with Crippen LogP contribution in [0, 0.1) is 5.82 Å². The van der Waals surface area contributed by atoms with E-state index in [2.05, 4.69) is 5.10 Å². The SMILES string of the molecule is O=C([O-])c1cn(-c2ccccc2)nc1-c1ccc(F)cc1. The fourth-order valence-electron chi connectivity index (χ4n) is 2.06. The molecule has 3 rings (SSSR count). The van der Waals surface area contributed by atoms with Gasteiger partial charge in [0, 0.05) is 17.3 Å². The molecule has 0 unspecified atom stereocenters. The van der Waals surface area contributed by atoms with E-state index in [1.807, 2.05) is 18.2 Å². The molecule has 0 aliphatic carbocycles. The summed E-state index contributed by atoms with van der Waals surface area (Å²) in [5, 5.41) is 15.5. The fraction of sp³-hybridized carbons (Fsp3) is 0. The Hall–Kier alpha value is -2.95. The minimum atomic E-state index is -1.32. The number of halogens is 1. The van der Waals surface area contributed by atoms with Crippen LogP contribution in [-0.2, 0) is 0 Å². The van der Waals surface area contributed by atoms with Crippen molar-refractivity contribution in [2.45, 2.75) is 0 Å². The van der Waals surface area contributed by atoms with Crippen LogP contribution in [0.15, 0.2) is 60.8 Å². The van der Waals surface area contributed by atoms with Crippen molar-refractivity contribution in [2.75, 3.05) is 0 Å². The number of benzene rings is 2. The van der Waals surface area contributed by atoms with Gasteiger partial charge in [-0.05, 0) is 36.4 Å². The molecule has 1 heterocycles. The molecule has 21 heavy (non-hydrogen) atoms. The molecule has 0 aliphatic heterocycles. The number of para-hydroxylation sites is 1. The Kier molecular flexibility index (Phi) is 3.23. The van der Waals surface area contributed by atoms with Crippen LogP contribution in [-0.4, -0.2) is 15.7 Å². The van der Waals surface area contributed by atoms with E-state index in [1.165, 1.54) is 35.1 Å². The summed E-state index contributed by atoms with van der Waals surface area (Å²) >= 11 is 0. The summed E-state index contributed by atoms with van der Waals surface area (Å²) in [6.07, 6.45) is 1.39. The first kappa shape index (κ1) is 13.1. The zero-order chi connectivity index (χ0) is 14.8. The Morgan fingerprint density at radius 1 is 1.05 bits per heavy atom. The molecule has 5 heteroatoms. The van der Waals surface area contributed by atoms with Gasteiger partial charge in [0.15, 0.2) is 0 Å². The summed E-state index contributed by atoms with van der Waals surface area (Å²) in [7, 11) is 0. The van der Waals surface area contributed by atoms with Crippen LogP contribution in [0.3, 0.4) is 0 Å². The standard InChI is InChI=1S/C16H11FN2O2/c17-12-8-6-11(7-9-12)15-14(16(20)21)10-19(18-15)13-4-2-1-3-5-13/h1-10H,(H,20,21)/p-1. The molecule has 0 N–H and O–H groups in total. The van der Waals surface area contributed by atoms with Crippen molar-refractivity contribution in [2.24, 2.45) is 0 Å². The summed E-state index contributed by atoms with van der Waals surface area (Å²) in [6, 6.07) is 14.6. The van der Waals surface area contributed by atoms with Crippen LogP contribution in [0.4, 0.5) is 4.39 Å². The van der Waals surface area contributed by atoms with Crippen molar-refractivity contribution in [3.05, 3.63) is 72.2 Å². The van der Waals surface area contributed by atoms with E-state index in [0.29, 0.717) is 5.56 Å². The maximum absolute atomic E-state index is 13.0. The van der Waals surface area contributed by atoms with Gasteiger partial charge in [-0.25, -0.2) is 9.07 Å². The van der Waals surface area contributed by atoms with Crippen molar-refractivity contribution >= 4 is 5.97 Å². The molecule has 4 nitrogen and oxygen atoms in total. The fourth-order valence-corrected chi connectivity index (χ4v) is 2.06. The van der Waals surface area contributed by atoms with Crippen LogP contribution < -0.4 is 5.11 Å². The number of carbonyl (C=O) groups is 1. The first-order valence-corrected chi connectivity index (χ1v) is 6.27. The van der Waals surface area contributed by atoms with E-state index < -0.39 is 11.8 Å². The Balaban J connectivity index is 2.14. The van der Waals surface area contributed by atoms with Crippen molar-refractivity contribution in [1.29, 1.82) is 0 Å². The number of hydrogen-bond donors (Lipinski definition) is 0. The van der Waals surface area contributed by atoms with Gasteiger partial charge in [0.2, 0.25) is 0 Å². The number of nitrogens with zero attached hydrogens (tertiary/aromatic N) is 2. The zero-order valence-electron chi connectivity index (χ0n) is 10.9. The largest absolute Gasteiger partial charge is 0.545 e. The number of carboxylic acids is 1. The first-order chi connectivity index (χ1) is 10.1. The van der Waals surface area contributed by atoms with E-state index in [9.17, 15) is 14.3 Å². The third-order valence-electron chi connectivity index (χ3n) is 3.07. The van der Waals surface area contributed by atoms with E-state index in [0.717, 1.165) is 5.69 Å². The third kappa shape index (κ3) is 2.53. The molecular weight excluding hydrogens is 271 g/mol. The summed E-state index contributed by atoms with van der Waals surface area (Å²) < 4.78 is 14.4. The van der Waals surface area contributed by atoms with Gasteiger partial charge in [-0.1, -0.05) is 18.2 Å². The Morgan fingerprint density at radius 2 is 1.71 bits per heavy atom. The number of aromatic carboxylic acids is 1. The molecule has 0 fully saturated rings. The molecule has 0 saturated heterocycles. The van der Waals surface area contributed by atoms with E-state index in [1.54, 1.807) is 12.1 Å². The van der Waals surface area contributed by atoms with E-state index >= 15 is 0 Å². The molecular formula is C16H10FN2O2-. The average Bonchev–Trinajstić information content (AvgIpc) is 2.94. The van der Waals surface area contributed by atoms with Gasteiger partial charge < -0.3 is 9.90 Å². The van der Waals surface area contributed by atoms with Gasteiger partial charge in [-0.2, -0.15) is 5.10 Å². The monoisotopic (exact) mass is 281 g/mol. The van der Waals surface area contributed by atoms with Gasteiger partial charge >= 0.3 is 0 Å². The second-order valence-electron chi connectivity index (χ2n) is 4.47. The predicted molar refractivity (Wildman–Crippen MR) is 73.3 cm³/mol. The molecule has 0 spiro atoms. The van der Waals surface area contributed by atoms with Crippen LogP contribution >= 0.6 is 0 Å². The van der Waals surface area contributed by atoms with Crippen LogP contribution in [0.2, 0.25) is 0 Å². The van der Waals surface area contributed by atoms with Crippen LogP contribution in [0.25, 0.3) is 16.9 Å². The quantitative estimate of drug-likeness (QED) is 0.738. The van der Waals surface area contributed by atoms with E-state index in [-0.39, 0.29) is 11.3 Å². The minimum absolute atomic E-state index is 0.0366. The van der Waals surface area contributed by atoms with Crippen molar-refractivity contribution in [1.82, 2.24) is 9.78 Å². The Bertz CT molecular complexity index is 780. The number of aromatic nitrogens is 2. The second kappa shape index (κ2) is 5.20. The second-order valence-corrected chi connectivity index (χ2v) is 4.47. The maximum atomic E-state index is 13.0. The highest BCUT2D eigenvalue weighted by Crippen LogP contribution is 2.23. The number of rotatable bonds is 3. The minimum Gasteiger partial charge on any atom is -0.545 e. The first-order valence-electron chi connectivity index (χ1n) is 6.27. The molecule has 0 aliphatic rings. The molecule has 0 atom stereocenters. The molecule has 0 saturated carbocycles. The zero-order valence-corrected chi connectivity index (χ0v) is 10.9. The Labute approximate surface area is 120 Å². The molecule has 0 amide bonds. The highest BCUT2D eigenvalue weighted by atomic mass is 19.1.